The van der Waals surface area contributed by atoms with Gasteiger partial charge in [-0.2, -0.15) is 0 Å². The van der Waals surface area contributed by atoms with Gasteiger partial charge in [0.05, 0.1) is 35.3 Å². The molecule has 3 aromatic carbocycles. The Bertz CT molecular complexity index is 1790. The van der Waals surface area contributed by atoms with Crippen LogP contribution in [0.15, 0.2) is 71.6 Å². The number of carbonyl (C=O) groups is 2. The average Bonchev–Trinajstić information content (AvgIpc) is 3.31. The van der Waals surface area contributed by atoms with E-state index in [4.69, 9.17) is 32.7 Å². The maximum Gasteiger partial charge on any atom is 0.356 e. The van der Waals surface area contributed by atoms with Crippen molar-refractivity contribution in [3.8, 4) is 0 Å². The van der Waals surface area contributed by atoms with Gasteiger partial charge in [-0.1, -0.05) is 71.2 Å². The van der Waals surface area contributed by atoms with E-state index in [0.29, 0.717) is 31.9 Å². The summed E-state index contributed by atoms with van der Waals surface area (Å²) in [6, 6.07) is 18.1. The van der Waals surface area contributed by atoms with E-state index in [2.05, 4.69) is 0 Å². The summed E-state index contributed by atoms with van der Waals surface area (Å²) in [6.45, 7) is 4.99. The van der Waals surface area contributed by atoms with E-state index in [-0.39, 0.29) is 55.2 Å². The normalized spacial score (nSPS) is 14.3. The molecule has 1 aromatic heterocycles. The fourth-order valence-corrected chi connectivity index (χ4v) is 6.99. The standard InChI is InChI=1S/C31H28Cl2N2O6S/c1-3-41-31(37)29-25(19-24(21-7-5-4-6-8-21)30(36)34-13-15-40-16-14-34)28-26(33)17-22(32)18-27(28)35(29)42(38,39)23-11-9-20(2)10-12-23/h4-12,17-19H,3,13-16H2,1-2H3/b24-19+. The first-order valence-electron chi connectivity index (χ1n) is 13.3. The summed E-state index contributed by atoms with van der Waals surface area (Å²) in [5.41, 5.74) is 1.60. The van der Waals surface area contributed by atoms with Crippen LogP contribution in [0.2, 0.25) is 10.0 Å². The molecule has 4 aromatic rings. The van der Waals surface area contributed by atoms with E-state index in [1.54, 1.807) is 48.2 Å². The number of fused-ring (bicyclic) bond motifs is 1. The number of nitrogens with zero attached hydrogens (tertiary/aromatic N) is 2. The van der Waals surface area contributed by atoms with Crippen LogP contribution in [0.3, 0.4) is 0 Å². The Morgan fingerprint density at radius 1 is 1.00 bits per heavy atom. The Hall–Kier alpha value is -3.63. The van der Waals surface area contributed by atoms with Gasteiger partial charge in [0.2, 0.25) is 0 Å². The molecule has 0 atom stereocenters. The summed E-state index contributed by atoms with van der Waals surface area (Å²) < 4.78 is 40.2. The zero-order chi connectivity index (χ0) is 30.0. The van der Waals surface area contributed by atoms with E-state index < -0.39 is 16.0 Å². The number of halogens is 2. The lowest BCUT2D eigenvalue weighted by molar-refractivity contribution is -0.128. The Morgan fingerprint density at radius 2 is 1.67 bits per heavy atom. The molecule has 0 bridgehead atoms. The van der Waals surface area contributed by atoms with Crippen molar-refractivity contribution in [2.45, 2.75) is 18.7 Å². The van der Waals surface area contributed by atoms with Gasteiger partial charge in [0.1, 0.15) is 0 Å². The minimum absolute atomic E-state index is 0.0131. The average molecular weight is 628 g/mol. The molecule has 1 aliphatic heterocycles. The Kier molecular flexibility index (Phi) is 8.75. The van der Waals surface area contributed by atoms with Crippen molar-refractivity contribution in [1.82, 2.24) is 8.87 Å². The van der Waals surface area contributed by atoms with Gasteiger partial charge in [-0.15, -0.1) is 0 Å². The van der Waals surface area contributed by atoms with Crippen LogP contribution in [0, 0.1) is 6.92 Å². The fourth-order valence-electron chi connectivity index (χ4n) is 4.90. The summed E-state index contributed by atoms with van der Waals surface area (Å²) in [4.78, 5) is 29.2. The molecule has 5 rings (SSSR count). The highest BCUT2D eigenvalue weighted by Gasteiger charge is 2.33. The number of hydrogen-bond donors (Lipinski definition) is 0. The van der Waals surface area contributed by atoms with Crippen molar-refractivity contribution in [3.63, 3.8) is 0 Å². The molecular formula is C31H28Cl2N2O6S. The highest BCUT2D eigenvalue weighted by atomic mass is 35.5. The van der Waals surface area contributed by atoms with Crippen LogP contribution in [-0.2, 0) is 24.3 Å². The number of hydrogen-bond acceptors (Lipinski definition) is 6. The van der Waals surface area contributed by atoms with Gasteiger partial charge in [0, 0.05) is 34.6 Å². The van der Waals surface area contributed by atoms with Crippen LogP contribution in [0.25, 0.3) is 22.6 Å². The highest BCUT2D eigenvalue weighted by Crippen LogP contribution is 2.39. The van der Waals surface area contributed by atoms with Crippen LogP contribution in [0.4, 0.5) is 0 Å². The molecule has 1 aliphatic rings. The smallest absolute Gasteiger partial charge is 0.356 e. The number of ether oxygens (including phenoxy) is 2. The molecule has 0 aliphatic carbocycles. The largest absolute Gasteiger partial charge is 0.461 e. The molecule has 218 valence electrons. The van der Waals surface area contributed by atoms with Gasteiger partial charge in [-0.25, -0.2) is 17.2 Å². The Morgan fingerprint density at radius 3 is 2.31 bits per heavy atom. The number of amides is 1. The number of benzene rings is 3. The van der Waals surface area contributed by atoms with E-state index in [9.17, 15) is 18.0 Å². The molecule has 1 saturated heterocycles. The predicted molar refractivity (Wildman–Crippen MR) is 163 cm³/mol. The maximum absolute atomic E-state index is 14.2. The molecule has 0 spiro atoms. The van der Waals surface area contributed by atoms with Gasteiger partial charge < -0.3 is 14.4 Å². The molecule has 0 unspecified atom stereocenters. The Balaban J connectivity index is 1.88. The summed E-state index contributed by atoms with van der Waals surface area (Å²) in [6.07, 6.45) is 1.52. The number of rotatable bonds is 7. The number of carbonyl (C=O) groups excluding carboxylic acids is 2. The SMILES string of the molecule is CCOC(=O)c1c(/C=C(/C(=O)N2CCOCC2)c2ccccc2)c2c(Cl)cc(Cl)cc2n1S(=O)(=O)c1ccc(C)cc1. The lowest BCUT2D eigenvalue weighted by atomic mass is 9.99. The summed E-state index contributed by atoms with van der Waals surface area (Å²) in [5, 5.41) is 0.519. The molecule has 2 heterocycles. The number of aromatic nitrogens is 1. The number of aryl methyl sites for hydroxylation is 1. The minimum Gasteiger partial charge on any atom is -0.461 e. The van der Waals surface area contributed by atoms with Gasteiger partial charge in [0.15, 0.2) is 5.69 Å². The molecule has 8 nitrogen and oxygen atoms in total. The molecule has 0 radical (unpaired) electrons. The number of esters is 1. The van der Waals surface area contributed by atoms with Crippen LogP contribution >= 0.6 is 23.2 Å². The zero-order valence-electron chi connectivity index (χ0n) is 23.0. The summed E-state index contributed by atoms with van der Waals surface area (Å²) >= 11 is 13.1. The van der Waals surface area contributed by atoms with Crippen LogP contribution in [0.5, 0.6) is 0 Å². The molecule has 1 amide bonds. The van der Waals surface area contributed by atoms with Crippen molar-refractivity contribution in [1.29, 1.82) is 0 Å². The van der Waals surface area contributed by atoms with E-state index >= 15 is 0 Å². The molecule has 0 N–H and O–H groups in total. The number of morpholine rings is 1. The van der Waals surface area contributed by atoms with Gasteiger partial charge in [-0.3, -0.25) is 4.79 Å². The van der Waals surface area contributed by atoms with Gasteiger partial charge in [0.25, 0.3) is 15.9 Å². The third-order valence-corrected chi connectivity index (χ3v) is 9.15. The second-order valence-electron chi connectivity index (χ2n) is 9.68. The lowest BCUT2D eigenvalue weighted by Gasteiger charge is -2.28. The first-order valence-corrected chi connectivity index (χ1v) is 15.5. The minimum atomic E-state index is -4.37. The highest BCUT2D eigenvalue weighted by molar-refractivity contribution is 7.90. The molecule has 42 heavy (non-hydrogen) atoms. The second-order valence-corrected chi connectivity index (χ2v) is 12.3. The van der Waals surface area contributed by atoms with E-state index in [0.717, 1.165) is 9.54 Å². The summed E-state index contributed by atoms with van der Waals surface area (Å²) in [5.74, 6) is -1.19. The van der Waals surface area contributed by atoms with Gasteiger partial charge >= 0.3 is 5.97 Å². The van der Waals surface area contributed by atoms with E-state index in [1.807, 2.05) is 13.0 Å². The van der Waals surface area contributed by atoms with Crippen LogP contribution in [0.1, 0.15) is 34.1 Å². The third-order valence-electron chi connectivity index (χ3n) is 6.91. The molecule has 1 fully saturated rings. The van der Waals surface area contributed by atoms with Crippen molar-refractivity contribution in [3.05, 3.63) is 99.2 Å². The summed E-state index contributed by atoms with van der Waals surface area (Å²) in [7, 11) is -4.37. The Labute approximate surface area is 254 Å². The zero-order valence-corrected chi connectivity index (χ0v) is 25.3. The molecule has 11 heteroatoms. The van der Waals surface area contributed by atoms with Crippen LogP contribution < -0.4 is 0 Å². The van der Waals surface area contributed by atoms with Crippen molar-refractivity contribution in [2.75, 3.05) is 32.9 Å². The third kappa shape index (κ3) is 5.70. The van der Waals surface area contributed by atoms with Crippen molar-refractivity contribution in [2.24, 2.45) is 0 Å². The quantitative estimate of drug-likeness (QED) is 0.182. The monoisotopic (exact) mass is 626 g/mol. The predicted octanol–water partition coefficient (Wildman–Crippen LogP) is 6.07. The first kappa shape index (κ1) is 29.8. The maximum atomic E-state index is 14.2. The second kappa shape index (κ2) is 12.3. The molecular weight excluding hydrogens is 599 g/mol. The van der Waals surface area contributed by atoms with E-state index in [1.165, 1.54) is 30.3 Å². The molecule has 0 saturated carbocycles. The topological polar surface area (TPSA) is 94.9 Å². The van der Waals surface area contributed by atoms with Crippen molar-refractivity contribution < 1.29 is 27.5 Å². The fraction of sp³-hybridized carbons (Fsp3) is 0.226. The van der Waals surface area contributed by atoms with Gasteiger partial charge in [-0.05, 0) is 49.8 Å². The lowest BCUT2D eigenvalue weighted by Crippen LogP contribution is -2.41. The van der Waals surface area contributed by atoms with Crippen LogP contribution in [-0.4, -0.2) is 62.1 Å². The first-order chi connectivity index (χ1) is 20.1. The van der Waals surface area contributed by atoms with Crippen molar-refractivity contribution >= 4 is 67.7 Å².